The highest BCUT2D eigenvalue weighted by Gasteiger charge is 2.32. The Morgan fingerprint density at radius 2 is 1.84 bits per heavy atom. The molecule has 0 N–H and O–H groups in total. The van der Waals surface area contributed by atoms with Crippen molar-refractivity contribution in [1.29, 1.82) is 0 Å². The number of likely N-dealkylation sites (tertiary alicyclic amines) is 1. The van der Waals surface area contributed by atoms with E-state index in [1.54, 1.807) is 0 Å². The minimum atomic E-state index is -0.856. The van der Waals surface area contributed by atoms with Gasteiger partial charge in [0.05, 0.1) is 18.3 Å². The molecule has 2 aliphatic rings. The molecule has 2 amide bonds. The van der Waals surface area contributed by atoms with Crippen molar-refractivity contribution in [2.24, 2.45) is 5.92 Å². The summed E-state index contributed by atoms with van der Waals surface area (Å²) in [6.07, 6.45) is 1.15. The van der Waals surface area contributed by atoms with E-state index in [-0.39, 0.29) is 23.5 Å². The van der Waals surface area contributed by atoms with Crippen LogP contribution in [0.4, 0.5) is 8.78 Å². The summed E-state index contributed by atoms with van der Waals surface area (Å²) < 4.78 is 32.2. The third-order valence-corrected chi connectivity index (χ3v) is 4.85. The molecule has 2 aliphatic heterocycles. The fourth-order valence-electron chi connectivity index (χ4n) is 3.44. The van der Waals surface area contributed by atoms with Gasteiger partial charge in [0, 0.05) is 38.2 Å². The highest BCUT2D eigenvalue weighted by Crippen LogP contribution is 2.23. The van der Waals surface area contributed by atoms with Crippen molar-refractivity contribution in [2.45, 2.75) is 25.9 Å². The number of hydrogen-bond acceptors (Lipinski definition) is 3. The van der Waals surface area contributed by atoms with Crippen molar-refractivity contribution in [1.82, 2.24) is 9.80 Å². The SMILES string of the molecule is CC1CN(C(=O)C2CCN(C(=O)c3ccc(F)cc3F)CC2)CCO1. The first-order chi connectivity index (χ1) is 12.0. The molecule has 1 aromatic carbocycles. The molecule has 5 nitrogen and oxygen atoms in total. The van der Waals surface area contributed by atoms with Crippen LogP contribution in [0.1, 0.15) is 30.1 Å². The van der Waals surface area contributed by atoms with Gasteiger partial charge in [-0.15, -0.1) is 0 Å². The molecule has 2 heterocycles. The van der Waals surface area contributed by atoms with Gasteiger partial charge in [-0.3, -0.25) is 9.59 Å². The zero-order chi connectivity index (χ0) is 18.0. The first-order valence-corrected chi connectivity index (χ1v) is 8.60. The normalized spacial score (nSPS) is 22.1. The molecule has 3 rings (SSSR count). The fraction of sp³-hybridized carbons (Fsp3) is 0.556. The van der Waals surface area contributed by atoms with Gasteiger partial charge in [-0.2, -0.15) is 0 Å². The van der Waals surface area contributed by atoms with E-state index in [0.29, 0.717) is 51.7 Å². The molecule has 25 heavy (non-hydrogen) atoms. The lowest BCUT2D eigenvalue weighted by Crippen LogP contribution is -2.49. The predicted molar refractivity (Wildman–Crippen MR) is 87.0 cm³/mol. The van der Waals surface area contributed by atoms with Gasteiger partial charge in [0.1, 0.15) is 11.6 Å². The van der Waals surface area contributed by atoms with Crippen LogP contribution >= 0.6 is 0 Å². The van der Waals surface area contributed by atoms with E-state index in [4.69, 9.17) is 4.74 Å². The number of morpholine rings is 1. The van der Waals surface area contributed by atoms with Crippen LogP contribution in [0.15, 0.2) is 18.2 Å². The number of amides is 2. The lowest BCUT2D eigenvalue weighted by atomic mass is 9.94. The van der Waals surface area contributed by atoms with Gasteiger partial charge >= 0.3 is 0 Å². The Labute approximate surface area is 145 Å². The van der Waals surface area contributed by atoms with Gasteiger partial charge < -0.3 is 14.5 Å². The molecular weight excluding hydrogens is 330 g/mol. The standard InChI is InChI=1S/C18H22F2N2O3/c1-12-11-22(8-9-25-12)17(23)13-4-6-21(7-5-13)18(24)15-3-2-14(19)10-16(15)20/h2-3,10,12-13H,4-9,11H2,1H3. The van der Waals surface area contributed by atoms with Crippen molar-refractivity contribution in [3.63, 3.8) is 0 Å². The lowest BCUT2D eigenvalue weighted by Gasteiger charge is -2.37. The summed E-state index contributed by atoms with van der Waals surface area (Å²) in [6.45, 7) is 4.48. The number of carbonyl (C=O) groups is 2. The number of rotatable bonds is 2. The summed E-state index contributed by atoms with van der Waals surface area (Å²) >= 11 is 0. The maximum atomic E-state index is 13.8. The van der Waals surface area contributed by atoms with Crippen LogP contribution in [0.5, 0.6) is 0 Å². The number of benzene rings is 1. The third kappa shape index (κ3) is 3.98. The number of hydrogen-bond donors (Lipinski definition) is 0. The molecule has 136 valence electrons. The van der Waals surface area contributed by atoms with Crippen LogP contribution in [-0.4, -0.2) is 60.5 Å². The molecule has 1 atom stereocenters. The van der Waals surface area contributed by atoms with E-state index in [9.17, 15) is 18.4 Å². The van der Waals surface area contributed by atoms with Gasteiger partial charge in [0.15, 0.2) is 0 Å². The predicted octanol–water partition coefficient (Wildman–Crippen LogP) is 2.06. The summed E-state index contributed by atoms with van der Waals surface area (Å²) in [5.41, 5.74) is -0.131. The summed E-state index contributed by atoms with van der Waals surface area (Å²) in [5, 5.41) is 0. The van der Waals surface area contributed by atoms with Gasteiger partial charge in [0.2, 0.25) is 5.91 Å². The summed E-state index contributed by atoms with van der Waals surface area (Å²) in [7, 11) is 0. The van der Waals surface area contributed by atoms with E-state index in [2.05, 4.69) is 0 Å². The Balaban J connectivity index is 1.58. The molecular formula is C18H22F2N2O3. The fourth-order valence-corrected chi connectivity index (χ4v) is 3.44. The Morgan fingerprint density at radius 3 is 2.48 bits per heavy atom. The third-order valence-electron chi connectivity index (χ3n) is 4.85. The number of carbonyl (C=O) groups excluding carboxylic acids is 2. The number of piperidine rings is 1. The van der Waals surface area contributed by atoms with Crippen LogP contribution in [0, 0.1) is 17.6 Å². The average molecular weight is 352 g/mol. The van der Waals surface area contributed by atoms with Crippen molar-refractivity contribution in [3.8, 4) is 0 Å². The molecule has 7 heteroatoms. The minimum Gasteiger partial charge on any atom is -0.375 e. The van der Waals surface area contributed by atoms with Crippen LogP contribution in [0.2, 0.25) is 0 Å². The second kappa shape index (κ2) is 7.47. The summed E-state index contributed by atoms with van der Waals surface area (Å²) in [6, 6.07) is 2.95. The number of ether oxygens (including phenoxy) is 1. The first-order valence-electron chi connectivity index (χ1n) is 8.60. The van der Waals surface area contributed by atoms with E-state index < -0.39 is 17.5 Å². The van der Waals surface area contributed by atoms with Crippen molar-refractivity contribution >= 4 is 11.8 Å². The maximum Gasteiger partial charge on any atom is 0.256 e. The number of halogens is 2. The summed E-state index contributed by atoms with van der Waals surface area (Å²) in [4.78, 5) is 28.4. The van der Waals surface area contributed by atoms with Crippen LogP contribution in [0.25, 0.3) is 0 Å². The monoisotopic (exact) mass is 352 g/mol. The van der Waals surface area contributed by atoms with Gasteiger partial charge in [-0.1, -0.05) is 0 Å². The summed E-state index contributed by atoms with van der Waals surface area (Å²) in [5.74, 6) is -2.03. The molecule has 2 fully saturated rings. The number of nitrogens with zero attached hydrogens (tertiary/aromatic N) is 2. The zero-order valence-corrected chi connectivity index (χ0v) is 14.2. The first kappa shape index (κ1) is 17.8. The largest absolute Gasteiger partial charge is 0.375 e. The topological polar surface area (TPSA) is 49.9 Å². The second-order valence-electron chi connectivity index (χ2n) is 6.66. The van der Waals surface area contributed by atoms with E-state index in [1.165, 1.54) is 11.0 Å². The van der Waals surface area contributed by atoms with Gasteiger partial charge in [0.25, 0.3) is 5.91 Å². The Bertz CT molecular complexity index is 660. The van der Waals surface area contributed by atoms with Gasteiger partial charge in [-0.05, 0) is 31.9 Å². The van der Waals surface area contributed by atoms with Crippen LogP contribution < -0.4 is 0 Å². The van der Waals surface area contributed by atoms with Crippen molar-refractivity contribution in [2.75, 3.05) is 32.8 Å². The molecule has 0 aromatic heterocycles. The quantitative estimate of drug-likeness (QED) is 0.819. The average Bonchev–Trinajstić information content (AvgIpc) is 2.61. The maximum absolute atomic E-state index is 13.8. The van der Waals surface area contributed by atoms with E-state index in [1.807, 2.05) is 11.8 Å². The van der Waals surface area contributed by atoms with Crippen LogP contribution in [0.3, 0.4) is 0 Å². The van der Waals surface area contributed by atoms with E-state index >= 15 is 0 Å². The van der Waals surface area contributed by atoms with Crippen molar-refractivity contribution < 1.29 is 23.1 Å². The van der Waals surface area contributed by atoms with Gasteiger partial charge in [-0.25, -0.2) is 8.78 Å². The molecule has 0 saturated carbocycles. The van der Waals surface area contributed by atoms with E-state index in [0.717, 1.165) is 6.07 Å². The van der Waals surface area contributed by atoms with Crippen LogP contribution in [-0.2, 0) is 9.53 Å². The Hall–Kier alpha value is -2.02. The minimum absolute atomic E-state index is 0.0424. The Kier molecular flexibility index (Phi) is 5.32. The highest BCUT2D eigenvalue weighted by atomic mass is 19.1. The second-order valence-corrected chi connectivity index (χ2v) is 6.66. The molecule has 2 saturated heterocycles. The Morgan fingerprint density at radius 1 is 1.12 bits per heavy atom. The highest BCUT2D eigenvalue weighted by molar-refractivity contribution is 5.94. The lowest BCUT2D eigenvalue weighted by molar-refractivity contribution is -0.143. The molecule has 0 radical (unpaired) electrons. The molecule has 0 spiro atoms. The molecule has 0 aliphatic carbocycles. The molecule has 1 unspecified atom stereocenters. The smallest absolute Gasteiger partial charge is 0.256 e. The zero-order valence-electron chi connectivity index (χ0n) is 14.2. The molecule has 1 aromatic rings. The molecule has 0 bridgehead atoms. The van der Waals surface area contributed by atoms with Crippen molar-refractivity contribution in [3.05, 3.63) is 35.4 Å².